The summed E-state index contributed by atoms with van der Waals surface area (Å²) in [7, 11) is 0. The number of aliphatic hydroxyl groups excluding tert-OH is 7. The summed E-state index contributed by atoms with van der Waals surface area (Å²) in [6, 6.07) is 1.83. The van der Waals surface area contributed by atoms with Crippen LogP contribution in [0, 0.1) is 0 Å². The number of hydrogen-bond acceptors (Lipinski definition) is 18. The van der Waals surface area contributed by atoms with E-state index in [0.29, 0.717) is 0 Å². The summed E-state index contributed by atoms with van der Waals surface area (Å²) in [6.45, 7) is -1.41. The zero-order chi connectivity index (χ0) is 31.8. The van der Waals surface area contributed by atoms with Gasteiger partial charge in [0.2, 0.25) is 17.8 Å². The summed E-state index contributed by atoms with van der Waals surface area (Å²) in [5.41, 5.74) is -3.35. The van der Waals surface area contributed by atoms with Gasteiger partial charge in [0.15, 0.2) is 29.0 Å². The zero-order valence-electron chi connectivity index (χ0n) is 22.1. The fourth-order valence-electron chi connectivity index (χ4n) is 5.33. The monoisotopic (exact) mass is 626 g/mol. The van der Waals surface area contributed by atoms with Crippen molar-refractivity contribution >= 4 is 32.7 Å². The van der Waals surface area contributed by atoms with Gasteiger partial charge in [-0.1, -0.05) is 0 Å². The molecule has 2 aromatic carbocycles. The Labute approximate surface area is 242 Å². The summed E-state index contributed by atoms with van der Waals surface area (Å²) in [6.07, 6.45) is -17.3. The minimum Gasteiger partial charge on any atom is -0.504 e. The smallest absolute Gasteiger partial charge is 0.344 e. The van der Waals surface area contributed by atoms with Gasteiger partial charge in [-0.05, 0) is 12.1 Å². The number of phenols is 3. The second kappa shape index (κ2) is 11.0. The third-order valence-corrected chi connectivity index (χ3v) is 7.72. The summed E-state index contributed by atoms with van der Waals surface area (Å²) in [5, 5.41) is 101. The molecule has 0 amide bonds. The van der Waals surface area contributed by atoms with E-state index < -0.39 is 120 Å². The van der Waals surface area contributed by atoms with Crippen molar-refractivity contribution in [2.24, 2.45) is 0 Å². The second-order valence-corrected chi connectivity index (χ2v) is 10.4. The lowest BCUT2D eigenvalue weighted by atomic mass is 9.98. The molecule has 10 N–H and O–H groups in total. The normalized spacial score (nSPS) is 33.0. The lowest BCUT2D eigenvalue weighted by Crippen LogP contribution is -2.62. The number of benzene rings is 2. The highest BCUT2D eigenvalue weighted by Gasteiger charge is 2.48. The van der Waals surface area contributed by atoms with E-state index in [0.717, 1.165) is 12.1 Å². The first-order valence-corrected chi connectivity index (χ1v) is 13.1. The lowest BCUT2D eigenvalue weighted by Gasteiger charge is -2.42. The quantitative estimate of drug-likeness (QED) is 0.0567. The van der Waals surface area contributed by atoms with Gasteiger partial charge in [0.25, 0.3) is 0 Å². The molecule has 44 heavy (non-hydrogen) atoms. The molecule has 2 aliphatic heterocycles. The van der Waals surface area contributed by atoms with Crippen LogP contribution in [-0.4, -0.2) is 126 Å². The highest BCUT2D eigenvalue weighted by Crippen LogP contribution is 2.45. The molecule has 0 radical (unpaired) electrons. The molecule has 18 heteroatoms. The van der Waals surface area contributed by atoms with Crippen molar-refractivity contribution in [3.63, 3.8) is 0 Å². The predicted molar refractivity (Wildman–Crippen MR) is 139 cm³/mol. The van der Waals surface area contributed by atoms with Crippen LogP contribution in [0.5, 0.6) is 23.0 Å². The fraction of sp³-hybridized carbons (Fsp3) is 0.462. The van der Waals surface area contributed by atoms with Crippen LogP contribution >= 0.6 is 0 Å². The summed E-state index contributed by atoms with van der Waals surface area (Å²) in [5.74, 6) is -3.10. The van der Waals surface area contributed by atoms with Crippen LogP contribution in [0.1, 0.15) is 0 Å². The second-order valence-electron chi connectivity index (χ2n) is 10.4. The molecule has 10 atom stereocenters. The molecule has 2 aromatic heterocycles. The first-order chi connectivity index (χ1) is 20.8. The minimum absolute atomic E-state index is 0.152. The molecule has 0 aliphatic carbocycles. The summed E-state index contributed by atoms with van der Waals surface area (Å²) in [4.78, 5) is 25.5. The predicted octanol–water partition coefficient (Wildman–Crippen LogP) is -3.39. The molecule has 2 aliphatic rings. The van der Waals surface area contributed by atoms with Gasteiger partial charge in [0.1, 0.15) is 48.8 Å². The number of aliphatic hydroxyl groups is 7. The maximum Gasteiger partial charge on any atom is 0.344 e. The SMILES string of the molecule is O=c1oc2c(O)c(O[C@H]3O[C@H](CO[C@@H]4O[C@H](CO)[C@@H](O)[C@H](O)[C@H]4O)[C@@H](O)[C@H](O)[C@H]3O)cc3c(=O)oc4c(O)c(O)cc1c4c23. The number of phenolic OH excluding ortho intramolecular Hbond substituents is 3. The van der Waals surface area contributed by atoms with Gasteiger partial charge >= 0.3 is 11.3 Å². The van der Waals surface area contributed by atoms with Gasteiger partial charge in [-0.15, -0.1) is 0 Å². The molecule has 0 saturated carbocycles. The highest BCUT2D eigenvalue weighted by molar-refractivity contribution is 6.22. The number of rotatable bonds is 6. The number of aromatic hydroxyl groups is 3. The van der Waals surface area contributed by atoms with Crippen molar-refractivity contribution in [1.29, 1.82) is 0 Å². The maximum atomic E-state index is 12.9. The molecule has 0 spiro atoms. The first kappa shape index (κ1) is 30.2. The minimum atomic E-state index is -1.97. The van der Waals surface area contributed by atoms with E-state index in [9.17, 15) is 60.7 Å². The number of hydrogen-bond donors (Lipinski definition) is 10. The highest BCUT2D eigenvalue weighted by atomic mass is 16.7. The van der Waals surface area contributed by atoms with E-state index in [-0.39, 0.29) is 21.5 Å². The Kier molecular flexibility index (Phi) is 7.53. The lowest BCUT2D eigenvalue weighted by molar-refractivity contribution is -0.323. The Hall–Kier alpha value is -3.82. The van der Waals surface area contributed by atoms with E-state index in [1.54, 1.807) is 0 Å². The van der Waals surface area contributed by atoms with E-state index in [1.807, 2.05) is 0 Å². The van der Waals surface area contributed by atoms with Crippen molar-refractivity contribution in [3.05, 3.63) is 33.0 Å². The first-order valence-electron chi connectivity index (χ1n) is 13.1. The third-order valence-electron chi connectivity index (χ3n) is 7.72. The molecule has 0 unspecified atom stereocenters. The van der Waals surface area contributed by atoms with Crippen LogP contribution in [0.3, 0.4) is 0 Å². The van der Waals surface area contributed by atoms with E-state index in [1.165, 1.54) is 0 Å². The van der Waals surface area contributed by atoms with Gasteiger partial charge < -0.3 is 78.8 Å². The summed E-state index contributed by atoms with van der Waals surface area (Å²) >= 11 is 0. The van der Waals surface area contributed by atoms with Gasteiger partial charge in [-0.2, -0.15) is 0 Å². The standard InChI is InChI=1S/C26H26O18/c27-3-9-14(30)17(33)19(35)25(41-9)39-4-10-15(31)18(34)20(36)26(42-10)40-8-2-6-12-11-5(23(37)44-22(12)16(8)32)1-7(28)13(29)21(11)43-24(6)38/h1-2,9-10,14-15,17-20,25-36H,3-4H2/t9-,10-,14-,15-,17+,18+,19-,20-,25-,26+/m1/s1. The fourth-order valence-corrected chi connectivity index (χ4v) is 5.33. The molecule has 4 aromatic rings. The Bertz CT molecular complexity index is 1810. The van der Waals surface area contributed by atoms with Gasteiger partial charge in [0.05, 0.1) is 24.0 Å². The molecule has 238 valence electrons. The van der Waals surface area contributed by atoms with E-state index in [4.69, 9.17) is 27.8 Å². The van der Waals surface area contributed by atoms with Crippen LogP contribution in [0.25, 0.3) is 32.7 Å². The molecule has 0 bridgehead atoms. The average Bonchev–Trinajstić information content (AvgIpc) is 3.00. The van der Waals surface area contributed by atoms with Crippen molar-refractivity contribution in [2.45, 2.75) is 61.4 Å². The van der Waals surface area contributed by atoms with Crippen LogP contribution in [0.4, 0.5) is 0 Å². The third kappa shape index (κ3) is 4.59. The van der Waals surface area contributed by atoms with Crippen molar-refractivity contribution in [1.82, 2.24) is 0 Å². The Balaban J connectivity index is 1.31. The molecule has 4 heterocycles. The van der Waals surface area contributed by atoms with Crippen molar-refractivity contribution in [2.75, 3.05) is 13.2 Å². The summed E-state index contributed by atoms with van der Waals surface area (Å²) < 4.78 is 32.0. The zero-order valence-corrected chi connectivity index (χ0v) is 22.1. The van der Waals surface area contributed by atoms with Crippen LogP contribution in [0.2, 0.25) is 0 Å². The van der Waals surface area contributed by atoms with Gasteiger partial charge in [-0.25, -0.2) is 9.59 Å². The maximum absolute atomic E-state index is 12.9. The largest absolute Gasteiger partial charge is 0.504 e. The van der Waals surface area contributed by atoms with E-state index in [2.05, 4.69) is 0 Å². The topological polar surface area (TPSA) is 300 Å². The van der Waals surface area contributed by atoms with Crippen molar-refractivity contribution in [3.8, 4) is 23.0 Å². The van der Waals surface area contributed by atoms with Crippen LogP contribution in [-0.2, 0) is 14.2 Å². The van der Waals surface area contributed by atoms with E-state index >= 15 is 0 Å². The molecular weight excluding hydrogens is 600 g/mol. The number of ether oxygens (including phenoxy) is 4. The molecule has 6 rings (SSSR count). The molecule has 2 fully saturated rings. The molecule has 2 saturated heterocycles. The average molecular weight is 626 g/mol. The van der Waals surface area contributed by atoms with Gasteiger partial charge in [0, 0.05) is 10.8 Å². The Morgan fingerprint density at radius 1 is 0.659 bits per heavy atom. The van der Waals surface area contributed by atoms with Gasteiger partial charge in [-0.3, -0.25) is 0 Å². The molecular formula is C26H26O18. The molecule has 18 nitrogen and oxygen atoms in total. The van der Waals surface area contributed by atoms with Crippen molar-refractivity contribution < 1.29 is 78.8 Å². The Morgan fingerprint density at radius 2 is 1.18 bits per heavy atom. The Morgan fingerprint density at radius 3 is 1.80 bits per heavy atom. The van der Waals surface area contributed by atoms with Crippen LogP contribution in [0.15, 0.2) is 30.6 Å². The van der Waals surface area contributed by atoms with Crippen LogP contribution < -0.4 is 16.0 Å².